The number of nitrogens with zero attached hydrogens (tertiary/aromatic N) is 2. The van der Waals surface area contributed by atoms with E-state index in [-0.39, 0.29) is 17.4 Å². The largest absolute Gasteiger partial charge is 0.435 e. The van der Waals surface area contributed by atoms with E-state index in [0.29, 0.717) is 5.69 Å². The molecule has 4 nitrogen and oxygen atoms in total. The third-order valence-corrected chi connectivity index (χ3v) is 7.68. The maximum absolute atomic E-state index is 13.1. The first-order valence-corrected chi connectivity index (χ1v) is 11.0. The number of hydrogen-bond donors (Lipinski definition) is 1. The Kier molecular flexibility index (Phi) is 5.23. The Balaban J connectivity index is 1.52. The van der Waals surface area contributed by atoms with Crippen molar-refractivity contribution in [3.63, 3.8) is 0 Å². The van der Waals surface area contributed by atoms with Crippen LogP contribution in [0.3, 0.4) is 0 Å². The molecule has 0 aromatic carbocycles. The number of nitrogens with one attached hydrogen (secondary N) is 1. The summed E-state index contributed by atoms with van der Waals surface area (Å²) in [5.74, 6) is 2.15. The van der Waals surface area contributed by atoms with Gasteiger partial charge in [-0.1, -0.05) is 13.3 Å². The van der Waals surface area contributed by atoms with Gasteiger partial charge in [-0.25, -0.2) is 0 Å². The van der Waals surface area contributed by atoms with Crippen molar-refractivity contribution in [3.8, 4) is 0 Å². The van der Waals surface area contributed by atoms with E-state index in [1.807, 2.05) is 0 Å². The molecule has 1 N–H and O–H groups in total. The number of carbonyl (C=O) groups is 1. The zero-order valence-corrected chi connectivity index (χ0v) is 17.6. The van der Waals surface area contributed by atoms with Crippen LogP contribution in [-0.4, -0.2) is 21.7 Å². The van der Waals surface area contributed by atoms with Gasteiger partial charge >= 0.3 is 6.18 Å². The molecule has 1 aromatic rings. The van der Waals surface area contributed by atoms with Crippen LogP contribution in [-0.2, 0) is 11.0 Å². The summed E-state index contributed by atoms with van der Waals surface area (Å²) in [6.07, 6.45) is 5.01. The summed E-state index contributed by atoms with van der Waals surface area (Å²) in [5.41, 5.74) is -0.418. The van der Waals surface area contributed by atoms with Gasteiger partial charge in [-0.3, -0.25) is 9.48 Å². The average Bonchev–Trinajstić information content (AvgIpc) is 3.01. The second-order valence-corrected chi connectivity index (χ2v) is 9.92. The van der Waals surface area contributed by atoms with E-state index in [1.54, 1.807) is 13.8 Å². The van der Waals surface area contributed by atoms with Crippen LogP contribution in [0.1, 0.15) is 82.6 Å². The van der Waals surface area contributed by atoms with Gasteiger partial charge in [-0.15, -0.1) is 0 Å². The summed E-state index contributed by atoms with van der Waals surface area (Å²) >= 11 is 0. The highest BCUT2D eigenvalue weighted by Gasteiger charge is 2.54. The van der Waals surface area contributed by atoms with Gasteiger partial charge in [0.15, 0.2) is 5.69 Å². The third kappa shape index (κ3) is 3.81. The maximum Gasteiger partial charge on any atom is 0.435 e. The molecule has 29 heavy (non-hydrogen) atoms. The molecule has 1 heterocycles. The quantitative estimate of drug-likeness (QED) is 0.693. The molecule has 0 spiro atoms. The Morgan fingerprint density at radius 1 is 1.24 bits per heavy atom. The van der Waals surface area contributed by atoms with Gasteiger partial charge in [0.25, 0.3) is 0 Å². The molecule has 4 aliphatic rings. The van der Waals surface area contributed by atoms with E-state index < -0.39 is 17.9 Å². The number of hydrogen-bond acceptors (Lipinski definition) is 2. The fraction of sp³-hybridized carbons (Fsp3) is 0.818. The fourth-order valence-corrected chi connectivity index (χ4v) is 6.85. The van der Waals surface area contributed by atoms with E-state index in [0.717, 1.165) is 36.7 Å². The highest BCUT2D eigenvalue weighted by Crippen LogP contribution is 2.61. The maximum atomic E-state index is 13.1. The van der Waals surface area contributed by atoms with Crippen LogP contribution in [0.25, 0.3) is 0 Å². The van der Waals surface area contributed by atoms with Gasteiger partial charge in [-0.2, -0.15) is 18.3 Å². The van der Waals surface area contributed by atoms with Crippen molar-refractivity contribution in [2.75, 3.05) is 0 Å². The Labute approximate surface area is 170 Å². The molecular weight excluding hydrogens is 379 g/mol. The number of carbonyl (C=O) groups excluding carboxylic acids is 1. The minimum atomic E-state index is -4.50. The van der Waals surface area contributed by atoms with Gasteiger partial charge in [0.2, 0.25) is 5.91 Å². The first kappa shape index (κ1) is 20.7. The SMILES string of the molecule is CCC[C@@H](NC(=O)[C@@H](C)n1nc(C(F)(F)F)cc1C)C12CC3CC(CC(C3)C1)C2. The summed E-state index contributed by atoms with van der Waals surface area (Å²) in [6, 6.07) is 0.347. The lowest BCUT2D eigenvalue weighted by atomic mass is 9.47. The van der Waals surface area contributed by atoms with Crippen molar-refractivity contribution < 1.29 is 18.0 Å². The third-order valence-electron chi connectivity index (χ3n) is 7.68. The number of rotatable bonds is 6. The predicted octanol–water partition coefficient (Wildman–Crippen LogP) is 5.27. The molecule has 0 unspecified atom stereocenters. The number of alkyl halides is 3. The van der Waals surface area contributed by atoms with Crippen molar-refractivity contribution in [3.05, 3.63) is 17.5 Å². The molecule has 4 aliphatic carbocycles. The lowest BCUT2D eigenvalue weighted by molar-refractivity contribution is -0.142. The zero-order chi connectivity index (χ0) is 21.0. The monoisotopic (exact) mass is 411 g/mol. The zero-order valence-electron chi connectivity index (χ0n) is 17.6. The summed E-state index contributed by atoms with van der Waals surface area (Å²) < 4.78 is 40.2. The molecule has 4 fully saturated rings. The Morgan fingerprint density at radius 2 is 1.79 bits per heavy atom. The first-order valence-electron chi connectivity index (χ1n) is 11.0. The highest BCUT2D eigenvalue weighted by molar-refractivity contribution is 5.80. The molecule has 162 valence electrons. The Bertz CT molecular complexity index is 735. The first-order chi connectivity index (χ1) is 13.6. The lowest BCUT2D eigenvalue weighted by Crippen LogP contribution is -2.57. The molecule has 0 radical (unpaired) electrons. The van der Waals surface area contributed by atoms with E-state index in [1.165, 1.54) is 43.2 Å². The molecule has 4 saturated carbocycles. The van der Waals surface area contributed by atoms with Gasteiger partial charge in [0, 0.05) is 11.7 Å². The summed E-state index contributed by atoms with van der Waals surface area (Å²) in [4.78, 5) is 13.1. The molecule has 7 heteroatoms. The average molecular weight is 412 g/mol. The van der Waals surface area contributed by atoms with Crippen LogP contribution in [0, 0.1) is 30.1 Å². The topological polar surface area (TPSA) is 46.9 Å². The van der Waals surface area contributed by atoms with Crippen LogP contribution in [0.15, 0.2) is 6.07 Å². The second-order valence-electron chi connectivity index (χ2n) is 9.92. The molecule has 1 amide bonds. The van der Waals surface area contributed by atoms with Gasteiger partial charge in [0.05, 0.1) is 0 Å². The van der Waals surface area contributed by atoms with Crippen molar-refractivity contribution in [1.82, 2.24) is 15.1 Å². The van der Waals surface area contributed by atoms with Crippen LogP contribution < -0.4 is 5.32 Å². The normalized spacial score (nSPS) is 33.0. The Hall–Kier alpha value is -1.53. The number of amides is 1. The smallest absolute Gasteiger partial charge is 0.351 e. The van der Waals surface area contributed by atoms with Gasteiger partial charge in [0.1, 0.15) is 6.04 Å². The second kappa shape index (κ2) is 7.31. The highest BCUT2D eigenvalue weighted by atomic mass is 19.4. The van der Waals surface area contributed by atoms with Crippen LogP contribution in [0.2, 0.25) is 0 Å². The van der Waals surface area contributed by atoms with Crippen molar-refractivity contribution in [2.45, 2.75) is 90.4 Å². The summed E-state index contributed by atoms with van der Waals surface area (Å²) in [5, 5.41) is 6.95. The van der Waals surface area contributed by atoms with E-state index >= 15 is 0 Å². The molecule has 0 saturated heterocycles. The number of halogens is 3. The molecule has 1 aromatic heterocycles. The molecular formula is C22H32F3N3O. The van der Waals surface area contributed by atoms with Gasteiger partial charge < -0.3 is 5.32 Å². The van der Waals surface area contributed by atoms with Gasteiger partial charge in [-0.05, 0) is 88.0 Å². The van der Waals surface area contributed by atoms with Crippen molar-refractivity contribution in [2.24, 2.45) is 23.2 Å². The van der Waals surface area contributed by atoms with Crippen molar-refractivity contribution in [1.29, 1.82) is 0 Å². The van der Waals surface area contributed by atoms with Crippen LogP contribution in [0.4, 0.5) is 13.2 Å². The minimum Gasteiger partial charge on any atom is -0.351 e. The summed E-state index contributed by atoms with van der Waals surface area (Å²) in [7, 11) is 0. The molecule has 0 aliphatic heterocycles. The van der Waals surface area contributed by atoms with Crippen molar-refractivity contribution >= 4 is 5.91 Å². The van der Waals surface area contributed by atoms with E-state index in [9.17, 15) is 18.0 Å². The summed E-state index contributed by atoms with van der Waals surface area (Å²) in [6.45, 7) is 5.34. The van der Waals surface area contributed by atoms with Crippen LogP contribution >= 0.6 is 0 Å². The number of aryl methyl sites for hydroxylation is 1. The molecule has 5 rings (SSSR count). The number of aromatic nitrogens is 2. The minimum absolute atomic E-state index is 0.105. The Morgan fingerprint density at radius 3 is 2.24 bits per heavy atom. The fourth-order valence-electron chi connectivity index (χ4n) is 6.85. The van der Waals surface area contributed by atoms with E-state index in [2.05, 4.69) is 17.3 Å². The molecule has 4 bridgehead atoms. The predicted molar refractivity (Wildman–Crippen MR) is 104 cm³/mol. The molecule has 2 atom stereocenters. The lowest BCUT2D eigenvalue weighted by Gasteiger charge is -2.59. The van der Waals surface area contributed by atoms with E-state index in [4.69, 9.17) is 0 Å². The van der Waals surface area contributed by atoms with Crippen LogP contribution in [0.5, 0.6) is 0 Å². The standard InChI is InChI=1S/C22H32F3N3O/c1-4-5-18(21-10-15-7-16(11-21)9-17(8-15)12-21)26-20(29)14(3)28-13(2)6-19(27-28)22(23,24)25/h6,14-18H,4-5,7-12H2,1-3H3,(H,26,29)/t14-,15?,16?,17?,18-,21?/m1/s1.